The van der Waals surface area contributed by atoms with E-state index in [0.29, 0.717) is 0 Å². The molecular weight excluding hydrogens is 258 g/mol. The molecule has 2 aliphatic rings. The van der Waals surface area contributed by atoms with Gasteiger partial charge in [-0.2, -0.15) is 0 Å². The van der Waals surface area contributed by atoms with Crippen LogP contribution in [0.15, 0.2) is 0 Å². The maximum Gasteiger partial charge on any atom is 0.0494 e. The van der Waals surface area contributed by atoms with Crippen molar-refractivity contribution in [1.29, 1.82) is 0 Å². The Morgan fingerprint density at radius 2 is 1.86 bits per heavy atom. The molecule has 2 rings (SSSR count). The van der Waals surface area contributed by atoms with Crippen LogP contribution in [-0.4, -0.2) is 37.2 Å². The molecule has 0 bridgehead atoms. The second kappa shape index (κ2) is 9.15. The summed E-state index contributed by atoms with van der Waals surface area (Å²) in [6.45, 7) is 11.6. The summed E-state index contributed by atoms with van der Waals surface area (Å²) in [4.78, 5) is 2.65. The summed E-state index contributed by atoms with van der Waals surface area (Å²) in [6.07, 6.45) is 11.1. The lowest BCUT2D eigenvalue weighted by atomic mass is 9.77. The zero-order valence-electron chi connectivity index (χ0n) is 14.7. The van der Waals surface area contributed by atoms with Crippen LogP contribution in [0.4, 0.5) is 0 Å². The van der Waals surface area contributed by atoms with E-state index in [-0.39, 0.29) is 0 Å². The van der Waals surface area contributed by atoms with E-state index >= 15 is 0 Å². The van der Waals surface area contributed by atoms with Gasteiger partial charge in [0.1, 0.15) is 0 Å². The van der Waals surface area contributed by atoms with Crippen LogP contribution in [0.3, 0.4) is 0 Å². The maximum atomic E-state index is 5.98. The van der Waals surface area contributed by atoms with Crippen molar-refractivity contribution in [3.05, 3.63) is 0 Å². The van der Waals surface area contributed by atoms with Gasteiger partial charge in [0.05, 0.1) is 0 Å². The van der Waals surface area contributed by atoms with Crippen LogP contribution in [0, 0.1) is 17.8 Å². The fourth-order valence-corrected chi connectivity index (χ4v) is 4.33. The van der Waals surface area contributed by atoms with E-state index in [1.165, 1.54) is 64.5 Å². The van der Waals surface area contributed by atoms with Crippen LogP contribution >= 0.6 is 0 Å². The molecule has 1 unspecified atom stereocenters. The van der Waals surface area contributed by atoms with Gasteiger partial charge in [-0.3, -0.25) is 0 Å². The van der Waals surface area contributed by atoms with Crippen LogP contribution in [0.25, 0.3) is 0 Å². The predicted octanol–water partition coefficient (Wildman–Crippen LogP) is 4.73. The summed E-state index contributed by atoms with van der Waals surface area (Å²) in [6, 6.07) is 0.847. The molecule has 124 valence electrons. The normalized spacial score (nSPS) is 31.1. The second-order valence-electron chi connectivity index (χ2n) is 7.67. The molecule has 1 saturated heterocycles. The molecule has 21 heavy (non-hydrogen) atoms. The van der Waals surface area contributed by atoms with Crippen molar-refractivity contribution in [2.24, 2.45) is 17.8 Å². The minimum absolute atomic E-state index is 0.846. The van der Waals surface area contributed by atoms with Gasteiger partial charge >= 0.3 is 0 Å². The highest BCUT2D eigenvalue weighted by atomic mass is 16.5. The number of ether oxygens (including phenoxy) is 1. The number of nitrogens with zero attached hydrogens (tertiary/aromatic N) is 1. The van der Waals surface area contributed by atoms with Gasteiger partial charge < -0.3 is 9.64 Å². The van der Waals surface area contributed by atoms with Crippen molar-refractivity contribution in [2.45, 2.75) is 78.2 Å². The zero-order chi connectivity index (χ0) is 15.1. The van der Waals surface area contributed by atoms with E-state index in [0.717, 1.165) is 37.0 Å². The number of rotatable bonds is 8. The van der Waals surface area contributed by atoms with Gasteiger partial charge in [-0.05, 0) is 82.2 Å². The first-order valence-electron chi connectivity index (χ1n) is 9.52. The molecule has 1 heterocycles. The summed E-state index contributed by atoms with van der Waals surface area (Å²) >= 11 is 0. The van der Waals surface area contributed by atoms with Gasteiger partial charge in [0, 0.05) is 19.3 Å². The lowest BCUT2D eigenvalue weighted by Gasteiger charge is -2.30. The Balaban J connectivity index is 1.49. The lowest BCUT2D eigenvalue weighted by molar-refractivity contribution is 0.0679. The van der Waals surface area contributed by atoms with E-state index in [2.05, 4.69) is 25.7 Å². The molecule has 0 aromatic carbocycles. The van der Waals surface area contributed by atoms with E-state index < -0.39 is 0 Å². The Labute approximate surface area is 132 Å². The van der Waals surface area contributed by atoms with Gasteiger partial charge in [-0.15, -0.1) is 0 Å². The van der Waals surface area contributed by atoms with E-state index in [9.17, 15) is 0 Å². The largest absolute Gasteiger partial charge is 0.381 e. The van der Waals surface area contributed by atoms with Crippen molar-refractivity contribution < 1.29 is 4.74 Å². The molecule has 1 aliphatic heterocycles. The fourth-order valence-electron chi connectivity index (χ4n) is 4.33. The zero-order valence-corrected chi connectivity index (χ0v) is 14.7. The van der Waals surface area contributed by atoms with Crippen molar-refractivity contribution in [2.75, 3.05) is 26.3 Å². The van der Waals surface area contributed by atoms with Crippen LogP contribution in [0.1, 0.15) is 72.1 Å². The summed E-state index contributed by atoms with van der Waals surface area (Å²) in [5.74, 6) is 2.70. The molecule has 1 atom stereocenters. The molecule has 2 heteroatoms. The minimum atomic E-state index is 0.846. The van der Waals surface area contributed by atoms with Gasteiger partial charge in [-0.25, -0.2) is 0 Å². The number of likely N-dealkylation sites (tertiary alicyclic amines) is 1. The molecular formula is C19H37NO. The molecule has 0 amide bonds. The van der Waals surface area contributed by atoms with Crippen LogP contribution < -0.4 is 0 Å². The van der Waals surface area contributed by atoms with Crippen molar-refractivity contribution in [3.63, 3.8) is 0 Å². The molecule has 0 spiro atoms. The average Bonchev–Trinajstić information content (AvgIpc) is 2.95. The fraction of sp³-hybridized carbons (Fsp3) is 1.00. The lowest BCUT2D eigenvalue weighted by Crippen LogP contribution is -2.29. The van der Waals surface area contributed by atoms with Gasteiger partial charge in [0.15, 0.2) is 0 Å². The third kappa shape index (κ3) is 5.56. The summed E-state index contributed by atoms with van der Waals surface area (Å²) < 4.78 is 5.98. The first-order chi connectivity index (χ1) is 10.2. The SMILES string of the molecule is CCN1CCCC1CCCOCC1CCC(C(C)C)CC1. The Bertz CT molecular complexity index is 271. The smallest absolute Gasteiger partial charge is 0.0494 e. The second-order valence-corrected chi connectivity index (χ2v) is 7.67. The molecule has 1 saturated carbocycles. The maximum absolute atomic E-state index is 5.98. The molecule has 0 aromatic heterocycles. The van der Waals surface area contributed by atoms with E-state index in [4.69, 9.17) is 4.74 Å². The minimum Gasteiger partial charge on any atom is -0.381 e. The Kier molecular flexibility index (Phi) is 7.53. The molecule has 1 aliphatic carbocycles. The number of hydrogen-bond donors (Lipinski definition) is 0. The summed E-state index contributed by atoms with van der Waals surface area (Å²) in [7, 11) is 0. The van der Waals surface area contributed by atoms with E-state index in [1.807, 2.05) is 0 Å². The molecule has 0 N–H and O–H groups in total. The first kappa shape index (κ1) is 17.3. The molecule has 0 radical (unpaired) electrons. The Morgan fingerprint density at radius 1 is 1.10 bits per heavy atom. The van der Waals surface area contributed by atoms with E-state index in [1.54, 1.807) is 0 Å². The quantitative estimate of drug-likeness (QED) is 0.600. The Hall–Kier alpha value is -0.0800. The van der Waals surface area contributed by atoms with Crippen LogP contribution in [-0.2, 0) is 4.74 Å². The summed E-state index contributed by atoms with van der Waals surface area (Å²) in [5.41, 5.74) is 0. The standard InChI is InChI=1S/C19H37NO/c1-4-20-13-5-7-19(20)8-6-14-21-15-17-9-11-18(12-10-17)16(2)3/h16-19H,4-15H2,1-3H3. The van der Waals surface area contributed by atoms with Crippen LogP contribution in [0.2, 0.25) is 0 Å². The molecule has 2 nitrogen and oxygen atoms in total. The number of hydrogen-bond acceptors (Lipinski definition) is 2. The third-order valence-electron chi connectivity index (χ3n) is 5.92. The van der Waals surface area contributed by atoms with Gasteiger partial charge in [-0.1, -0.05) is 20.8 Å². The predicted molar refractivity (Wildman–Crippen MR) is 90.6 cm³/mol. The highest BCUT2D eigenvalue weighted by Gasteiger charge is 2.24. The first-order valence-corrected chi connectivity index (χ1v) is 9.52. The average molecular weight is 296 g/mol. The monoisotopic (exact) mass is 295 g/mol. The van der Waals surface area contributed by atoms with Crippen LogP contribution in [0.5, 0.6) is 0 Å². The van der Waals surface area contributed by atoms with Crippen molar-refractivity contribution >= 4 is 0 Å². The third-order valence-corrected chi connectivity index (χ3v) is 5.92. The molecule has 0 aromatic rings. The van der Waals surface area contributed by atoms with Gasteiger partial charge in [0.25, 0.3) is 0 Å². The Morgan fingerprint density at radius 3 is 2.52 bits per heavy atom. The van der Waals surface area contributed by atoms with Gasteiger partial charge in [0.2, 0.25) is 0 Å². The highest BCUT2D eigenvalue weighted by Crippen LogP contribution is 2.33. The highest BCUT2D eigenvalue weighted by molar-refractivity contribution is 4.78. The topological polar surface area (TPSA) is 12.5 Å². The van der Waals surface area contributed by atoms with Crippen molar-refractivity contribution in [3.8, 4) is 0 Å². The summed E-state index contributed by atoms with van der Waals surface area (Å²) in [5, 5.41) is 0. The van der Waals surface area contributed by atoms with Crippen molar-refractivity contribution in [1.82, 2.24) is 4.90 Å². The molecule has 2 fully saturated rings.